The first-order chi connectivity index (χ1) is 15.5. The van der Waals surface area contributed by atoms with Crippen LogP contribution in [0.3, 0.4) is 0 Å². The van der Waals surface area contributed by atoms with E-state index in [1.807, 2.05) is 60.7 Å². The number of halogens is 2. The number of amides is 1. The fourth-order valence-corrected chi connectivity index (χ4v) is 5.70. The molecule has 0 spiro atoms. The topological polar surface area (TPSA) is 50.7 Å². The highest BCUT2D eigenvalue weighted by Crippen LogP contribution is 2.35. The average Bonchev–Trinajstić information content (AvgIpc) is 3.12. The number of carbonyl (C=O) groups is 1. The molecule has 1 saturated heterocycles. The zero-order valence-corrected chi connectivity index (χ0v) is 21.8. The van der Waals surface area contributed by atoms with Crippen molar-refractivity contribution in [2.75, 3.05) is 0 Å². The normalized spacial score (nSPS) is 15.9. The van der Waals surface area contributed by atoms with Crippen molar-refractivity contribution in [3.05, 3.63) is 96.4 Å². The third-order valence-corrected chi connectivity index (χ3v) is 7.07. The highest BCUT2D eigenvalue weighted by atomic mass is 127. The van der Waals surface area contributed by atoms with Crippen molar-refractivity contribution in [2.45, 2.75) is 20.0 Å². The van der Waals surface area contributed by atoms with Gasteiger partial charge in [-0.3, -0.25) is 4.79 Å². The summed E-state index contributed by atoms with van der Waals surface area (Å²) in [6.45, 7) is 2.61. The van der Waals surface area contributed by atoms with E-state index in [4.69, 9.17) is 4.74 Å². The van der Waals surface area contributed by atoms with Gasteiger partial charge in [0, 0.05) is 0 Å². The second kappa shape index (κ2) is 10.7. The summed E-state index contributed by atoms with van der Waals surface area (Å²) < 4.78 is 7.83. The van der Waals surface area contributed by atoms with Gasteiger partial charge in [0.15, 0.2) is 5.17 Å². The molecule has 4 nitrogen and oxygen atoms in total. The summed E-state index contributed by atoms with van der Waals surface area (Å²) in [6, 6.07) is 22.1. The van der Waals surface area contributed by atoms with Gasteiger partial charge in [-0.05, 0) is 104 Å². The summed E-state index contributed by atoms with van der Waals surface area (Å²) in [5.74, 6) is 0.646. The number of benzene rings is 3. The summed E-state index contributed by atoms with van der Waals surface area (Å²) >= 11 is 7.21. The van der Waals surface area contributed by atoms with Crippen molar-refractivity contribution < 1.29 is 9.53 Å². The number of hydrogen-bond donors (Lipinski definition) is 1. The van der Waals surface area contributed by atoms with Crippen molar-refractivity contribution >= 4 is 73.1 Å². The second-order valence-corrected chi connectivity index (χ2v) is 10.1. The van der Waals surface area contributed by atoms with Crippen molar-refractivity contribution in [1.82, 2.24) is 5.32 Å². The van der Waals surface area contributed by atoms with Crippen molar-refractivity contribution in [1.29, 1.82) is 0 Å². The van der Waals surface area contributed by atoms with Gasteiger partial charge in [0.1, 0.15) is 12.4 Å². The zero-order chi connectivity index (χ0) is 22.5. The average molecular weight is 619 g/mol. The maximum atomic E-state index is 12.5. The molecule has 3 aromatic carbocycles. The van der Waals surface area contributed by atoms with E-state index in [9.17, 15) is 4.79 Å². The smallest absolute Gasteiger partial charge is 0.264 e. The maximum Gasteiger partial charge on any atom is 0.264 e. The predicted molar refractivity (Wildman–Crippen MR) is 144 cm³/mol. The van der Waals surface area contributed by atoms with Crippen LogP contribution < -0.4 is 10.1 Å². The number of thioether (sulfide) groups is 1. The van der Waals surface area contributed by atoms with Crippen LogP contribution in [-0.2, 0) is 17.8 Å². The molecule has 1 amide bonds. The lowest BCUT2D eigenvalue weighted by Crippen LogP contribution is -2.19. The molecule has 0 aliphatic carbocycles. The molecule has 0 atom stereocenters. The minimum atomic E-state index is -0.144. The van der Waals surface area contributed by atoms with Crippen LogP contribution in [0.2, 0.25) is 0 Å². The first-order valence-electron chi connectivity index (χ1n) is 10.1. The van der Waals surface area contributed by atoms with Crippen molar-refractivity contribution in [3.8, 4) is 5.75 Å². The molecule has 1 N–H and O–H groups in total. The van der Waals surface area contributed by atoms with E-state index in [1.165, 1.54) is 17.3 Å². The minimum Gasteiger partial charge on any atom is -0.487 e. The van der Waals surface area contributed by atoms with Crippen LogP contribution in [0.1, 0.15) is 23.6 Å². The number of nitrogens with one attached hydrogen (secondary N) is 1. The molecule has 0 unspecified atom stereocenters. The number of hydrogen-bond acceptors (Lipinski definition) is 4. The molecule has 3 aromatic rings. The Morgan fingerprint density at radius 2 is 1.84 bits per heavy atom. The Kier molecular flexibility index (Phi) is 7.70. The summed E-state index contributed by atoms with van der Waals surface area (Å²) in [6.07, 6.45) is 2.86. The third kappa shape index (κ3) is 5.82. The lowest BCUT2D eigenvalue weighted by molar-refractivity contribution is -0.115. The van der Waals surface area contributed by atoms with E-state index in [2.05, 4.69) is 67.9 Å². The van der Waals surface area contributed by atoms with E-state index in [0.717, 1.165) is 37.0 Å². The van der Waals surface area contributed by atoms with Crippen LogP contribution >= 0.6 is 50.3 Å². The molecule has 1 fully saturated rings. The summed E-state index contributed by atoms with van der Waals surface area (Å²) in [5, 5.41) is 3.43. The van der Waals surface area contributed by atoms with Crippen LogP contribution in [0.5, 0.6) is 5.75 Å². The van der Waals surface area contributed by atoms with Gasteiger partial charge in [-0.25, -0.2) is 4.99 Å². The SMILES string of the molecule is CCc1ccc(N=C2NC(=O)/C(=C/c3cc(Br)c(OCc4ccccc4)c(I)c3)S2)cc1. The molecule has 4 rings (SSSR count). The molecule has 0 bridgehead atoms. The highest BCUT2D eigenvalue weighted by Gasteiger charge is 2.24. The number of amidine groups is 1. The highest BCUT2D eigenvalue weighted by molar-refractivity contribution is 14.1. The summed E-state index contributed by atoms with van der Waals surface area (Å²) in [4.78, 5) is 17.6. The molecule has 0 saturated carbocycles. The molecule has 0 aromatic heterocycles. The molecule has 7 heteroatoms. The van der Waals surface area contributed by atoms with Crippen LogP contribution in [0.25, 0.3) is 6.08 Å². The zero-order valence-electron chi connectivity index (χ0n) is 17.3. The fourth-order valence-electron chi connectivity index (χ4n) is 3.09. The molecular formula is C25H20BrIN2O2S. The first kappa shape index (κ1) is 23.1. The number of aryl methyl sites for hydroxylation is 1. The predicted octanol–water partition coefficient (Wildman–Crippen LogP) is 7.09. The van der Waals surface area contributed by atoms with E-state index in [-0.39, 0.29) is 5.91 Å². The number of nitrogens with zero attached hydrogens (tertiary/aromatic N) is 1. The van der Waals surface area contributed by atoms with Gasteiger partial charge < -0.3 is 10.1 Å². The number of ether oxygens (including phenoxy) is 1. The lowest BCUT2D eigenvalue weighted by atomic mass is 10.2. The third-order valence-electron chi connectivity index (χ3n) is 4.77. The largest absolute Gasteiger partial charge is 0.487 e. The Morgan fingerprint density at radius 1 is 1.09 bits per heavy atom. The van der Waals surface area contributed by atoms with Gasteiger partial charge in [-0.1, -0.05) is 49.4 Å². The number of aliphatic imine (C=N–C) groups is 1. The van der Waals surface area contributed by atoms with Gasteiger partial charge in [-0.2, -0.15) is 0 Å². The van der Waals surface area contributed by atoms with Crippen LogP contribution in [0, 0.1) is 3.57 Å². The number of carbonyl (C=O) groups excluding carboxylic acids is 1. The molecule has 32 heavy (non-hydrogen) atoms. The van der Waals surface area contributed by atoms with Crippen LogP contribution in [0.15, 0.2) is 81.1 Å². The maximum absolute atomic E-state index is 12.5. The summed E-state index contributed by atoms with van der Waals surface area (Å²) in [5.41, 5.74) is 4.11. The standard InChI is InChI=1S/C25H20BrIN2O2S/c1-2-16-8-10-19(11-9-16)28-25-29-24(30)22(32-25)14-18-12-20(26)23(21(27)13-18)31-15-17-6-4-3-5-7-17/h3-14H,2,15H2,1H3,(H,28,29,30)/b22-14-. The number of rotatable bonds is 6. The molecule has 0 radical (unpaired) electrons. The Hall–Kier alpha value is -2.10. The summed E-state index contributed by atoms with van der Waals surface area (Å²) in [7, 11) is 0. The van der Waals surface area contributed by atoms with Gasteiger partial charge in [-0.15, -0.1) is 0 Å². The van der Waals surface area contributed by atoms with Gasteiger partial charge in [0.05, 0.1) is 18.6 Å². The van der Waals surface area contributed by atoms with E-state index in [1.54, 1.807) is 0 Å². The molecule has 1 aliphatic heterocycles. The monoisotopic (exact) mass is 618 g/mol. The van der Waals surface area contributed by atoms with Gasteiger partial charge in [0.2, 0.25) is 0 Å². The van der Waals surface area contributed by atoms with Crippen LogP contribution in [0.4, 0.5) is 5.69 Å². The van der Waals surface area contributed by atoms with Crippen molar-refractivity contribution in [2.24, 2.45) is 4.99 Å². The minimum absolute atomic E-state index is 0.144. The Morgan fingerprint density at radius 3 is 2.53 bits per heavy atom. The lowest BCUT2D eigenvalue weighted by Gasteiger charge is -2.11. The Labute approximate surface area is 213 Å². The van der Waals surface area contributed by atoms with Gasteiger partial charge >= 0.3 is 0 Å². The molecule has 1 heterocycles. The van der Waals surface area contributed by atoms with E-state index >= 15 is 0 Å². The van der Waals surface area contributed by atoms with Crippen molar-refractivity contribution in [3.63, 3.8) is 0 Å². The first-order valence-corrected chi connectivity index (χ1v) is 12.7. The fraction of sp³-hybridized carbons (Fsp3) is 0.120. The quantitative estimate of drug-likeness (QED) is 0.237. The molecular weight excluding hydrogens is 599 g/mol. The van der Waals surface area contributed by atoms with E-state index < -0.39 is 0 Å². The molecule has 162 valence electrons. The van der Waals surface area contributed by atoms with Gasteiger partial charge in [0.25, 0.3) is 5.91 Å². The van der Waals surface area contributed by atoms with Crippen LogP contribution in [-0.4, -0.2) is 11.1 Å². The molecule has 1 aliphatic rings. The Balaban J connectivity index is 1.49. The Bertz CT molecular complexity index is 1170. The van der Waals surface area contributed by atoms with E-state index in [0.29, 0.717) is 16.7 Å². The second-order valence-electron chi connectivity index (χ2n) is 7.09.